The summed E-state index contributed by atoms with van der Waals surface area (Å²) in [6.45, 7) is 8.81. The largest absolute Gasteiger partial charge is 0.399 e. The van der Waals surface area contributed by atoms with Gasteiger partial charge in [-0.15, -0.1) is 0 Å². The lowest BCUT2D eigenvalue weighted by atomic mass is 10.1. The highest BCUT2D eigenvalue weighted by Crippen LogP contribution is 2.25. The Kier molecular flexibility index (Phi) is 10.3. The van der Waals surface area contributed by atoms with E-state index >= 15 is 0 Å². The van der Waals surface area contributed by atoms with Crippen molar-refractivity contribution in [3.8, 4) is 0 Å². The molecule has 0 saturated heterocycles. The quantitative estimate of drug-likeness (QED) is 0.213. The number of aryl methyl sites for hydroxylation is 1. The van der Waals surface area contributed by atoms with E-state index in [2.05, 4.69) is 53.2 Å². The summed E-state index contributed by atoms with van der Waals surface area (Å²) in [5.41, 5.74) is 10.6. The van der Waals surface area contributed by atoms with Crippen molar-refractivity contribution in [3.63, 3.8) is 0 Å². The molecule has 0 fully saturated rings. The van der Waals surface area contributed by atoms with Crippen LogP contribution in [0.25, 0.3) is 0 Å². The first kappa shape index (κ1) is 22.9. The second-order valence-corrected chi connectivity index (χ2v) is 7.87. The van der Waals surface area contributed by atoms with Crippen LogP contribution in [-0.2, 0) is 0 Å². The van der Waals surface area contributed by atoms with E-state index in [-0.39, 0.29) is 0 Å². The Morgan fingerprint density at radius 2 is 1.38 bits per heavy atom. The number of nitrogens with two attached hydrogens (primary N) is 1. The number of hydrogen-bond donors (Lipinski definition) is 1. The van der Waals surface area contributed by atoms with Gasteiger partial charge in [0.15, 0.2) is 0 Å². The van der Waals surface area contributed by atoms with Crippen LogP contribution in [0.1, 0.15) is 70.8 Å². The molecular formula is C25H38N4. The monoisotopic (exact) mass is 394 g/mol. The number of nitrogens with zero attached hydrogens (tertiary/aromatic N) is 3. The minimum atomic E-state index is 0.753. The minimum absolute atomic E-state index is 0.753. The maximum absolute atomic E-state index is 5.81. The SMILES string of the molecule is CCCCCCN(CCCCCC)c1ccc(/N=N/c2ccc(N)cc2C)cc1. The molecule has 0 aromatic heterocycles. The third kappa shape index (κ3) is 8.26. The van der Waals surface area contributed by atoms with Crippen LogP contribution in [0.5, 0.6) is 0 Å². The maximum atomic E-state index is 5.81. The van der Waals surface area contributed by atoms with E-state index in [1.54, 1.807) is 0 Å². The van der Waals surface area contributed by atoms with E-state index in [1.807, 2.05) is 25.1 Å². The maximum Gasteiger partial charge on any atom is 0.0887 e. The summed E-state index contributed by atoms with van der Waals surface area (Å²) in [6, 6.07) is 14.2. The molecule has 0 atom stereocenters. The van der Waals surface area contributed by atoms with Gasteiger partial charge in [0.05, 0.1) is 11.4 Å². The number of unbranched alkanes of at least 4 members (excludes halogenated alkanes) is 6. The Labute approximate surface area is 177 Å². The molecular weight excluding hydrogens is 356 g/mol. The highest BCUT2D eigenvalue weighted by atomic mass is 15.1. The smallest absolute Gasteiger partial charge is 0.0887 e. The molecule has 0 radical (unpaired) electrons. The molecule has 29 heavy (non-hydrogen) atoms. The Balaban J connectivity index is 2.00. The van der Waals surface area contributed by atoms with Crippen molar-refractivity contribution < 1.29 is 0 Å². The Bertz CT molecular complexity index is 725. The van der Waals surface area contributed by atoms with Crippen molar-refractivity contribution in [2.45, 2.75) is 72.1 Å². The van der Waals surface area contributed by atoms with Crippen molar-refractivity contribution >= 4 is 22.7 Å². The average molecular weight is 395 g/mol. The molecule has 4 nitrogen and oxygen atoms in total. The third-order valence-corrected chi connectivity index (χ3v) is 5.27. The zero-order valence-electron chi connectivity index (χ0n) is 18.5. The zero-order chi connectivity index (χ0) is 20.9. The molecule has 0 amide bonds. The Hall–Kier alpha value is -2.36. The summed E-state index contributed by atoms with van der Waals surface area (Å²) in [6.07, 6.45) is 10.4. The number of anilines is 2. The van der Waals surface area contributed by atoms with E-state index in [4.69, 9.17) is 5.73 Å². The van der Waals surface area contributed by atoms with Gasteiger partial charge in [-0.2, -0.15) is 10.2 Å². The average Bonchev–Trinajstić information content (AvgIpc) is 2.72. The normalized spacial score (nSPS) is 11.3. The van der Waals surface area contributed by atoms with Crippen molar-refractivity contribution in [1.29, 1.82) is 0 Å². The molecule has 0 aliphatic carbocycles. The van der Waals surface area contributed by atoms with Gasteiger partial charge in [-0.3, -0.25) is 0 Å². The molecule has 2 rings (SSSR count). The molecule has 0 aliphatic rings. The molecule has 0 saturated carbocycles. The van der Waals surface area contributed by atoms with Gasteiger partial charge >= 0.3 is 0 Å². The van der Waals surface area contributed by atoms with Crippen molar-refractivity contribution in [3.05, 3.63) is 48.0 Å². The second-order valence-electron chi connectivity index (χ2n) is 7.87. The van der Waals surface area contributed by atoms with E-state index in [0.29, 0.717) is 0 Å². The van der Waals surface area contributed by atoms with Gasteiger partial charge in [-0.25, -0.2) is 0 Å². The highest BCUT2D eigenvalue weighted by Gasteiger charge is 2.06. The molecule has 0 bridgehead atoms. The highest BCUT2D eigenvalue weighted by molar-refractivity contribution is 5.55. The topological polar surface area (TPSA) is 54.0 Å². The van der Waals surface area contributed by atoms with Gasteiger partial charge in [-0.05, 0) is 67.8 Å². The molecule has 158 valence electrons. The van der Waals surface area contributed by atoms with Crippen molar-refractivity contribution in [2.24, 2.45) is 10.2 Å². The molecule has 0 aliphatic heterocycles. The number of nitrogen functional groups attached to an aromatic ring is 1. The van der Waals surface area contributed by atoms with E-state index in [9.17, 15) is 0 Å². The van der Waals surface area contributed by atoms with Gasteiger partial charge in [-0.1, -0.05) is 52.4 Å². The number of rotatable bonds is 13. The predicted molar refractivity (Wildman–Crippen MR) is 127 cm³/mol. The van der Waals surface area contributed by atoms with Crippen LogP contribution in [0, 0.1) is 6.92 Å². The van der Waals surface area contributed by atoms with Gasteiger partial charge in [0.25, 0.3) is 0 Å². The van der Waals surface area contributed by atoms with Gasteiger partial charge in [0.1, 0.15) is 0 Å². The lowest BCUT2D eigenvalue weighted by molar-refractivity contribution is 0.609. The molecule has 2 N–H and O–H groups in total. The fourth-order valence-corrected chi connectivity index (χ4v) is 3.46. The molecule has 2 aromatic carbocycles. The van der Waals surface area contributed by atoms with Gasteiger partial charge in [0, 0.05) is 24.5 Å². The van der Waals surface area contributed by atoms with Crippen molar-refractivity contribution in [2.75, 3.05) is 23.7 Å². The standard InChI is InChI=1S/C25H38N4/c1-4-6-8-10-18-29(19-11-9-7-5-2)24-15-13-23(14-16-24)27-28-25-17-12-22(26)20-21(25)3/h12-17,20H,4-11,18-19,26H2,1-3H3/b28-27+. The van der Waals surface area contributed by atoms with Crippen LogP contribution in [0.3, 0.4) is 0 Å². The molecule has 0 heterocycles. The molecule has 4 heteroatoms. The summed E-state index contributed by atoms with van der Waals surface area (Å²) < 4.78 is 0. The lowest BCUT2D eigenvalue weighted by Gasteiger charge is -2.25. The Morgan fingerprint density at radius 3 is 1.93 bits per heavy atom. The molecule has 2 aromatic rings. The summed E-state index contributed by atoms with van der Waals surface area (Å²) in [5, 5.41) is 8.79. The summed E-state index contributed by atoms with van der Waals surface area (Å²) in [4.78, 5) is 2.54. The van der Waals surface area contributed by atoms with Crippen LogP contribution in [0.2, 0.25) is 0 Å². The summed E-state index contributed by atoms with van der Waals surface area (Å²) >= 11 is 0. The van der Waals surface area contributed by atoms with Gasteiger partial charge in [0.2, 0.25) is 0 Å². The van der Waals surface area contributed by atoms with E-state index in [0.717, 1.165) is 35.7 Å². The van der Waals surface area contributed by atoms with E-state index < -0.39 is 0 Å². The number of hydrogen-bond acceptors (Lipinski definition) is 4. The van der Waals surface area contributed by atoms with Crippen LogP contribution >= 0.6 is 0 Å². The fraction of sp³-hybridized carbons (Fsp3) is 0.520. The minimum Gasteiger partial charge on any atom is -0.399 e. The van der Waals surface area contributed by atoms with Crippen LogP contribution < -0.4 is 10.6 Å². The number of benzene rings is 2. The van der Waals surface area contributed by atoms with Crippen LogP contribution in [0.15, 0.2) is 52.7 Å². The number of azo groups is 1. The third-order valence-electron chi connectivity index (χ3n) is 5.27. The van der Waals surface area contributed by atoms with Gasteiger partial charge < -0.3 is 10.6 Å². The first-order valence-electron chi connectivity index (χ1n) is 11.3. The van der Waals surface area contributed by atoms with Crippen molar-refractivity contribution in [1.82, 2.24) is 0 Å². The summed E-state index contributed by atoms with van der Waals surface area (Å²) in [7, 11) is 0. The predicted octanol–water partition coefficient (Wildman–Crippen LogP) is 7.96. The second kappa shape index (κ2) is 13.0. The first-order chi connectivity index (χ1) is 14.1. The molecule has 0 spiro atoms. The van der Waals surface area contributed by atoms with E-state index in [1.165, 1.54) is 57.1 Å². The first-order valence-corrected chi connectivity index (χ1v) is 11.3. The molecule has 0 unspecified atom stereocenters. The van der Waals surface area contributed by atoms with Crippen LogP contribution in [0.4, 0.5) is 22.7 Å². The fourth-order valence-electron chi connectivity index (χ4n) is 3.46. The summed E-state index contributed by atoms with van der Waals surface area (Å²) in [5.74, 6) is 0. The zero-order valence-corrected chi connectivity index (χ0v) is 18.5. The lowest BCUT2D eigenvalue weighted by Crippen LogP contribution is -2.25. The Morgan fingerprint density at radius 1 is 0.759 bits per heavy atom. The van der Waals surface area contributed by atoms with Crippen LogP contribution in [-0.4, -0.2) is 13.1 Å².